The van der Waals surface area contributed by atoms with Crippen LogP contribution in [0.4, 0.5) is 0 Å². The van der Waals surface area contributed by atoms with Gasteiger partial charge in [-0.2, -0.15) is 0 Å². The highest BCUT2D eigenvalue weighted by Crippen LogP contribution is 2.42. The van der Waals surface area contributed by atoms with E-state index in [-0.39, 0.29) is 12.5 Å². The summed E-state index contributed by atoms with van der Waals surface area (Å²) in [5, 5.41) is 10.3. The van der Waals surface area contributed by atoms with Crippen molar-refractivity contribution in [2.75, 3.05) is 6.61 Å². The maximum atomic E-state index is 10.3. The second kappa shape index (κ2) is 9.90. The number of aliphatic hydroxyl groups is 1. The lowest BCUT2D eigenvalue weighted by atomic mass is 9.76. The minimum atomic E-state index is -0.605. The molecule has 5 rings (SSSR count). The van der Waals surface area contributed by atoms with E-state index in [9.17, 15) is 5.11 Å². The Labute approximate surface area is 201 Å². The summed E-state index contributed by atoms with van der Waals surface area (Å²) in [7, 11) is 0. The number of aliphatic hydroxyl groups excluding tert-OH is 1. The Kier molecular flexibility index (Phi) is 6.37. The fourth-order valence-corrected chi connectivity index (χ4v) is 5.00. The Morgan fingerprint density at radius 2 is 1.09 bits per heavy atom. The van der Waals surface area contributed by atoms with Crippen molar-refractivity contribution in [1.29, 1.82) is 0 Å². The molecule has 1 N–H and O–H groups in total. The molecule has 1 atom stereocenters. The zero-order valence-electron chi connectivity index (χ0n) is 19.0. The van der Waals surface area contributed by atoms with Gasteiger partial charge < -0.3 is 9.67 Å². The molecule has 168 valence electrons. The molecular formula is C31H28N2O. The van der Waals surface area contributed by atoms with Crippen molar-refractivity contribution in [2.45, 2.75) is 17.9 Å². The summed E-state index contributed by atoms with van der Waals surface area (Å²) in [6.07, 6.45) is 4.55. The van der Waals surface area contributed by atoms with Gasteiger partial charge in [0.15, 0.2) is 0 Å². The Balaban J connectivity index is 1.74. The first-order valence-corrected chi connectivity index (χ1v) is 11.7. The number of hydrogen-bond acceptors (Lipinski definition) is 2. The van der Waals surface area contributed by atoms with Crippen LogP contribution >= 0.6 is 0 Å². The summed E-state index contributed by atoms with van der Waals surface area (Å²) >= 11 is 0. The second-order valence-corrected chi connectivity index (χ2v) is 8.56. The Bertz CT molecular complexity index is 1200. The fraction of sp³-hybridized carbons (Fsp3) is 0.129. The Hall–Kier alpha value is -3.95. The summed E-state index contributed by atoms with van der Waals surface area (Å²) in [5.74, 6) is -0.0170. The van der Waals surface area contributed by atoms with Crippen LogP contribution in [0.15, 0.2) is 134 Å². The molecule has 0 aliphatic rings. The van der Waals surface area contributed by atoms with Crippen LogP contribution in [0.25, 0.3) is 0 Å². The van der Waals surface area contributed by atoms with Crippen molar-refractivity contribution < 1.29 is 5.11 Å². The van der Waals surface area contributed by atoms with Gasteiger partial charge in [-0.15, -0.1) is 0 Å². The normalized spacial score (nSPS) is 12.4. The average Bonchev–Trinajstić information content (AvgIpc) is 3.38. The van der Waals surface area contributed by atoms with Gasteiger partial charge in [0.1, 0.15) is 5.54 Å². The first-order valence-electron chi connectivity index (χ1n) is 11.7. The van der Waals surface area contributed by atoms with Crippen molar-refractivity contribution in [3.63, 3.8) is 0 Å². The second-order valence-electron chi connectivity index (χ2n) is 8.56. The molecule has 0 spiro atoms. The number of nitrogens with zero attached hydrogens (tertiary/aromatic N) is 2. The van der Waals surface area contributed by atoms with E-state index in [1.165, 1.54) is 0 Å². The Morgan fingerprint density at radius 3 is 1.53 bits per heavy atom. The van der Waals surface area contributed by atoms with Gasteiger partial charge in [0.05, 0.1) is 12.9 Å². The predicted molar refractivity (Wildman–Crippen MR) is 137 cm³/mol. The molecule has 34 heavy (non-hydrogen) atoms. The predicted octanol–water partition coefficient (Wildman–Crippen LogP) is 6.04. The molecule has 0 fully saturated rings. The number of hydrogen-bond donors (Lipinski definition) is 1. The molecule has 3 heteroatoms. The van der Waals surface area contributed by atoms with E-state index >= 15 is 0 Å². The molecule has 0 aliphatic heterocycles. The number of rotatable bonds is 8. The minimum Gasteiger partial charge on any atom is -0.396 e. The fourth-order valence-electron chi connectivity index (χ4n) is 5.00. The van der Waals surface area contributed by atoms with Crippen LogP contribution in [0.5, 0.6) is 0 Å². The van der Waals surface area contributed by atoms with Gasteiger partial charge in [-0.05, 0) is 28.7 Å². The van der Waals surface area contributed by atoms with Gasteiger partial charge in [-0.3, -0.25) is 0 Å². The van der Waals surface area contributed by atoms with E-state index in [1.54, 1.807) is 0 Å². The lowest BCUT2D eigenvalue weighted by Gasteiger charge is -2.39. The number of benzene rings is 4. The summed E-state index contributed by atoms with van der Waals surface area (Å²) in [4.78, 5) is 4.63. The van der Waals surface area contributed by atoms with Crippen molar-refractivity contribution in [1.82, 2.24) is 9.55 Å². The van der Waals surface area contributed by atoms with Crippen LogP contribution in [-0.2, 0) is 12.0 Å². The van der Waals surface area contributed by atoms with E-state index in [1.807, 2.05) is 30.7 Å². The zero-order valence-corrected chi connectivity index (χ0v) is 19.0. The largest absolute Gasteiger partial charge is 0.396 e. The lowest BCUT2D eigenvalue weighted by Crippen LogP contribution is -2.38. The molecular weight excluding hydrogens is 416 g/mol. The van der Waals surface area contributed by atoms with E-state index in [4.69, 9.17) is 0 Å². The van der Waals surface area contributed by atoms with Crippen LogP contribution in [0.3, 0.4) is 0 Å². The Morgan fingerprint density at radius 1 is 0.647 bits per heavy atom. The van der Waals surface area contributed by atoms with Gasteiger partial charge in [0.25, 0.3) is 0 Å². The molecule has 1 heterocycles. The van der Waals surface area contributed by atoms with Gasteiger partial charge >= 0.3 is 0 Å². The third-order valence-electron chi connectivity index (χ3n) is 6.60. The van der Waals surface area contributed by atoms with Crippen LogP contribution in [-0.4, -0.2) is 21.3 Å². The quantitative estimate of drug-likeness (QED) is 0.296. The topological polar surface area (TPSA) is 38.1 Å². The highest BCUT2D eigenvalue weighted by atomic mass is 16.3. The lowest BCUT2D eigenvalue weighted by molar-refractivity contribution is 0.262. The molecule has 5 aromatic rings. The van der Waals surface area contributed by atoms with E-state index in [2.05, 4.69) is 113 Å². The minimum absolute atomic E-state index is 0.0170. The molecule has 0 amide bonds. The number of imidazole rings is 1. The van der Waals surface area contributed by atoms with Gasteiger partial charge in [0, 0.05) is 17.8 Å². The molecule has 1 unspecified atom stereocenters. The van der Waals surface area contributed by atoms with E-state index in [0.717, 1.165) is 27.9 Å². The first kappa shape index (κ1) is 21.9. The third-order valence-corrected chi connectivity index (χ3v) is 6.60. The molecule has 4 aromatic carbocycles. The highest BCUT2D eigenvalue weighted by molar-refractivity contribution is 5.51. The molecule has 3 nitrogen and oxygen atoms in total. The van der Waals surface area contributed by atoms with Crippen LogP contribution < -0.4 is 0 Å². The monoisotopic (exact) mass is 444 g/mol. The summed E-state index contributed by atoms with van der Waals surface area (Å²) in [6.45, 7) is 0.0736. The van der Waals surface area contributed by atoms with Gasteiger partial charge in [-0.25, -0.2) is 4.98 Å². The molecule has 0 saturated carbocycles. The van der Waals surface area contributed by atoms with Crippen molar-refractivity contribution in [3.8, 4) is 0 Å². The average molecular weight is 445 g/mol. The molecule has 1 aromatic heterocycles. The summed E-state index contributed by atoms with van der Waals surface area (Å²) in [5.41, 5.74) is 5.07. The highest BCUT2D eigenvalue weighted by Gasteiger charge is 2.39. The van der Waals surface area contributed by atoms with Crippen molar-refractivity contribution >= 4 is 0 Å². The smallest absolute Gasteiger partial charge is 0.121 e. The standard InChI is InChI=1S/C31H28N2O/c34-23-26(25-13-5-1-6-14-25)21-30-22-32-24-33(30)31(27-15-7-2-8-16-27,28-17-9-3-10-18-28)29-19-11-4-12-20-29/h1-20,22,24,26,34H,21,23H2. The summed E-state index contributed by atoms with van der Waals surface area (Å²) in [6, 6.07) is 42.0. The van der Waals surface area contributed by atoms with Crippen LogP contribution in [0.1, 0.15) is 33.9 Å². The molecule has 0 radical (unpaired) electrons. The van der Waals surface area contributed by atoms with E-state index < -0.39 is 5.54 Å². The zero-order chi connectivity index (χ0) is 23.2. The SMILES string of the molecule is OCC(Cc1cncn1C(c1ccccc1)(c1ccccc1)c1ccccc1)c1ccccc1. The van der Waals surface area contributed by atoms with Gasteiger partial charge in [0.2, 0.25) is 0 Å². The van der Waals surface area contributed by atoms with Crippen LogP contribution in [0, 0.1) is 0 Å². The molecule has 0 saturated heterocycles. The van der Waals surface area contributed by atoms with Crippen LogP contribution in [0.2, 0.25) is 0 Å². The first-order chi connectivity index (χ1) is 16.8. The van der Waals surface area contributed by atoms with Crippen molar-refractivity contribution in [2.24, 2.45) is 0 Å². The maximum Gasteiger partial charge on any atom is 0.121 e. The maximum absolute atomic E-state index is 10.3. The molecule has 0 bridgehead atoms. The van der Waals surface area contributed by atoms with Crippen molar-refractivity contribution in [3.05, 3.63) is 162 Å². The van der Waals surface area contributed by atoms with E-state index in [0.29, 0.717) is 6.42 Å². The third kappa shape index (κ3) is 3.95. The molecule has 0 aliphatic carbocycles. The van der Waals surface area contributed by atoms with Gasteiger partial charge in [-0.1, -0.05) is 121 Å². The number of aromatic nitrogens is 2. The summed E-state index contributed by atoms with van der Waals surface area (Å²) < 4.78 is 2.29.